The zero-order valence-corrected chi connectivity index (χ0v) is 8.02. The zero-order valence-electron chi connectivity index (χ0n) is 8.02. The summed E-state index contributed by atoms with van der Waals surface area (Å²) in [6, 6.07) is -0.313. The third-order valence-electron chi connectivity index (χ3n) is 2.16. The number of hydrogen-bond donors (Lipinski definition) is 2. The summed E-state index contributed by atoms with van der Waals surface area (Å²) < 4.78 is 5.12. The van der Waals surface area contributed by atoms with Gasteiger partial charge in [-0.3, -0.25) is 4.79 Å². The number of hydrogen-bond acceptors (Lipinski definition) is 3. The maximum Gasteiger partial charge on any atom is 0.323 e. The molecule has 0 aliphatic carbocycles. The molecule has 0 bridgehead atoms. The first-order chi connectivity index (χ1) is 6.61. The van der Waals surface area contributed by atoms with E-state index in [0.29, 0.717) is 13.2 Å². The fourth-order valence-corrected chi connectivity index (χ4v) is 1.27. The Bertz CT molecular complexity index is 225. The third-order valence-corrected chi connectivity index (χ3v) is 2.16. The van der Waals surface area contributed by atoms with Crippen molar-refractivity contribution in [2.24, 2.45) is 0 Å². The quantitative estimate of drug-likeness (QED) is 0.646. The number of ether oxygens (including phenoxy) is 1. The zero-order chi connectivity index (χ0) is 10.6. The lowest BCUT2D eigenvalue weighted by atomic mass is 10.2. The van der Waals surface area contributed by atoms with Crippen LogP contribution < -0.4 is 5.32 Å². The van der Waals surface area contributed by atoms with Gasteiger partial charge < -0.3 is 20.1 Å². The summed E-state index contributed by atoms with van der Waals surface area (Å²) >= 11 is 0. The number of carbonyl (C=O) groups excluding carboxylic acids is 1. The molecule has 1 atom stereocenters. The maximum atomic E-state index is 11.3. The Balaban J connectivity index is 2.31. The molecule has 6 heteroatoms. The second-order valence-corrected chi connectivity index (χ2v) is 3.18. The summed E-state index contributed by atoms with van der Waals surface area (Å²) in [6.07, 6.45) is 0.803. The lowest BCUT2D eigenvalue weighted by Gasteiger charge is -2.22. The van der Waals surface area contributed by atoms with Crippen molar-refractivity contribution in [3.05, 3.63) is 0 Å². The van der Waals surface area contributed by atoms with E-state index < -0.39 is 5.97 Å². The van der Waals surface area contributed by atoms with Crippen molar-refractivity contribution in [1.29, 1.82) is 0 Å². The van der Waals surface area contributed by atoms with Crippen LogP contribution in [0.1, 0.15) is 6.42 Å². The number of aliphatic carboxylic acids is 1. The molecule has 14 heavy (non-hydrogen) atoms. The average molecular weight is 202 g/mol. The Hall–Kier alpha value is -1.30. The number of carbonyl (C=O) groups is 2. The molecular weight excluding hydrogens is 188 g/mol. The van der Waals surface area contributed by atoms with E-state index in [2.05, 4.69) is 5.32 Å². The lowest BCUT2D eigenvalue weighted by Crippen LogP contribution is -2.45. The van der Waals surface area contributed by atoms with Crippen molar-refractivity contribution in [2.45, 2.75) is 12.5 Å². The first-order valence-corrected chi connectivity index (χ1v) is 4.41. The summed E-state index contributed by atoms with van der Waals surface area (Å²) in [5.41, 5.74) is 0. The molecule has 6 nitrogen and oxygen atoms in total. The van der Waals surface area contributed by atoms with Crippen LogP contribution >= 0.6 is 0 Å². The van der Waals surface area contributed by atoms with Crippen LogP contribution in [0.4, 0.5) is 4.79 Å². The van der Waals surface area contributed by atoms with Gasteiger partial charge >= 0.3 is 12.0 Å². The van der Waals surface area contributed by atoms with Crippen molar-refractivity contribution < 1.29 is 19.4 Å². The fraction of sp³-hybridized carbons (Fsp3) is 0.750. The van der Waals surface area contributed by atoms with Gasteiger partial charge in [0.1, 0.15) is 6.54 Å². The predicted molar refractivity (Wildman–Crippen MR) is 48.0 cm³/mol. The second kappa shape index (κ2) is 4.80. The number of likely N-dealkylation sites (N-methyl/N-ethyl adjacent to an activating group) is 1. The minimum Gasteiger partial charge on any atom is -0.480 e. The van der Waals surface area contributed by atoms with Gasteiger partial charge in [0.25, 0.3) is 0 Å². The van der Waals surface area contributed by atoms with Crippen LogP contribution in [0, 0.1) is 0 Å². The number of nitrogens with zero attached hydrogens (tertiary/aromatic N) is 1. The molecule has 0 aromatic heterocycles. The van der Waals surface area contributed by atoms with Crippen LogP contribution in [0.25, 0.3) is 0 Å². The van der Waals surface area contributed by atoms with Gasteiger partial charge in [0.05, 0.1) is 12.6 Å². The van der Waals surface area contributed by atoms with Crippen LogP contribution in [-0.2, 0) is 9.53 Å². The minimum absolute atomic E-state index is 0.0591. The van der Waals surface area contributed by atoms with E-state index in [0.717, 1.165) is 6.42 Å². The standard InChI is InChI=1S/C8H14N2O4/c1-10(6-2-3-14-5-6)8(13)9-4-7(11)12/h6H,2-5H2,1H3,(H,9,13)(H,11,12). The Morgan fingerprint density at radius 1 is 1.64 bits per heavy atom. The molecule has 1 saturated heterocycles. The van der Waals surface area contributed by atoms with Crippen molar-refractivity contribution >= 4 is 12.0 Å². The molecule has 0 saturated carbocycles. The SMILES string of the molecule is CN(C(=O)NCC(=O)O)C1CCOC1. The van der Waals surface area contributed by atoms with Gasteiger partial charge in [-0.2, -0.15) is 0 Å². The summed E-state index contributed by atoms with van der Waals surface area (Å²) in [5.74, 6) is -1.05. The second-order valence-electron chi connectivity index (χ2n) is 3.18. The summed E-state index contributed by atoms with van der Waals surface area (Å²) in [6.45, 7) is 0.828. The molecule has 0 spiro atoms. The van der Waals surface area contributed by atoms with E-state index in [9.17, 15) is 9.59 Å². The van der Waals surface area contributed by atoms with E-state index in [1.165, 1.54) is 4.90 Å². The van der Waals surface area contributed by atoms with E-state index in [-0.39, 0.29) is 18.6 Å². The smallest absolute Gasteiger partial charge is 0.323 e. The Labute approximate surface area is 81.8 Å². The highest BCUT2D eigenvalue weighted by molar-refractivity contribution is 5.79. The van der Waals surface area contributed by atoms with E-state index in [4.69, 9.17) is 9.84 Å². The molecule has 1 aliphatic heterocycles. The summed E-state index contributed by atoms with van der Waals surface area (Å²) in [4.78, 5) is 23.0. The summed E-state index contributed by atoms with van der Waals surface area (Å²) in [7, 11) is 1.64. The molecule has 1 aliphatic rings. The van der Waals surface area contributed by atoms with E-state index in [1.54, 1.807) is 7.05 Å². The monoisotopic (exact) mass is 202 g/mol. The average Bonchev–Trinajstić information content (AvgIpc) is 2.65. The number of amides is 2. The van der Waals surface area contributed by atoms with Crippen LogP contribution in [-0.4, -0.2) is 54.9 Å². The number of nitrogens with one attached hydrogen (secondary N) is 1. The third kappa shape index (κ3) is 2.88. The van der Waals surface area contributed by atoms with Crippen LogP contribution in [0.15, 0.2) is 0 Å². The highest BCUT2D eigenvalue weighted by atomic mass is 16.5. The fourth-order valence-electron chi connectivity index (χ4n) is 1.27. The van der Waals surface area contributed by atoms with Gasteiger partial charge in [0, 0.05) is 13.7 Å². The van der Waals surface area contributed by atoms with Crippen molar-refractivity contribution in [2.75, 3.05) is 26.8 Å². The molecule has 0 radical (unpaired) electrons. The van der Waals surface area contributed by atoms with Gasteiger partial charge in [0.15, 0.2) is 0 Å². The first kappa shape index (κ1) is 10.8. The number of carboxylic acid groups (broad SMARTS) is 1. The van der Waals surface area contributed by atoms with Gasteiger partial charge in [-0.25, -0.2) is 4.79 Å². The van der Waals surface area contributed by atoms with Crippen molar-refractivity contribution in [1.82, 2.24) is 10.2 Å². The lowest BCUT2D eigenvalue weighted by molar-refractivity contribution is -0.135. The van der Waals surface area contributed by atoms with E-state index in [1.807, 2.05) is 0 Å². The Morgan fingerprint density at radius 2 is 2.36 bits per heavy atom. The van der Waals surface area contributed by atoms with E-state index >= 15 is 0 Å². The van der Waals surface area contributed by atoms with Gasteiger partial charge in [-0.15, -0.1) is 0 Å². The molecule has 1 fully saturated rings. The molecule has 1 heterocycles. The van der Waals surface area contributed by atoms with Crippen LogP contribution in [0.2, 0.25) is 0 Å². The highest BCUT2D eigenvalue weighted by Crippen LogP contribution is 2.10. The molecular formula is C8H14N2O4. The number of rotatable bonds is 3. The number of carboxylic acids is 1. The molecule has 2 N–H and O–H groups in total. The Kier molecular flexibility index (Phi) is 3.70. The number of urea groups is 1. The van der Waals surface area contributed by atoms with Crippen LogP contribution in [0.3, 0.4) is 0 Å². The molecule has 0 aromatic rings. The van der Waals surface area contributed by atoms with Crippen LogP contribution in [0.5, 0.6) is 0 Å². The van der Waals surface area contributed by atoms with Gasteiger partial charge in [-0.1, -0.05) is 0 Å². The normalized spacial score (nSPS) is 20.5. The molecule has 2 amide bonds. The van der Waals surface area contributed by atoms with Gasteiger partial charge in [-0.05, 0) is 6.42 Å². The predicted octanol–water partition coefficient (Wildman–Crippen LogP) is -0.499. The highest BCUT2D eigenvalue weighted by Gasteiger charge is 2.23. The molecule has 1 unspecified atom stereocenters. The maximum absolute atomic E-state index is 11.3. The molecule has 0 aromatic carbocycles. The molecule has 1 rings (SSSR count). The molecule has 80 valence electrons. The largest absolute Gasteiger partial charge is 0.480 e. The Morgan fingerprint density at radius 3 is 2.86 bits per heavy atom. The first-order valence-electron chi connectivity index (χ1n) is 4.41. The topological polar surface area (TPSA) is 78.9 Å². The van der Waals surface area contributed by atoms with Crippen molar-refractivity contribution in [3.63, 3.8) is 0 Å². The summed E-state index contributed by atoms with van der Waals surface area (Å²) in [5, 5.41) is 10.6. The van der Waals surface area contributed by atoms with Crippen molar-refractivity contribution in [3.8, 4) is 0 Å². The van der Waals surface area contributed by atoms with Gasteiger partial charge in [0.2, 0.25) is 0 Å². The minimum atomic E-state index is -1.05.